The van der Waals surface area contributed by atoms with Crippen molar-refractivity contribution in [1.82, 2.24) is 14.3 Å². The number of nitrogens with zero attached hydrogens (tertiary/aromatic N) is 2. The van der Waals surface area contributed by atoms with Crippen molar-refractivity contribution in [2.75, 3.05) is 7.11 Å². The number of ether oxygens (including phenoxy) is 1. The summed E-state index contributed by atoms with van der Waals surface area (Å²) in [5, 5.41) is 0. The minimum absolute atomic E-state index is 0.0569. The highest BCUT2D eigenvalue weighted by molar-refractivity contribution is 7.90. The molecule has 1 aromatic heterocycles. The molecule has 1 aromatic carbocycles. The van der Waals surface area contributed by atoms with E-state index in [1.807, 2.05) is 0 Å². The van der Waals surface area contributed by atoms with Crippen LogP contribution in [0.5, 0.6) is 5.75 Å². The van der Waals surface area contributed by atoms with E-state index in [0.717, 1.165) is 0 Å². The molecular weight excluding hydrogens is 318 g/mol. The number of amides is 1. The van der Waals surface area contributed by atoms with Gasteiger partial charge in [-0.05, 0) is 30.7 Å². The summed E-state index contributed by atoms with van der Waals surface area (Å²) in [6.45, 7) is 3.66. The fourth-order valence-corrected chi connectivity index (χ4v) is 3.44. The van der Waals surface area contributed by atoms with E-state index in [2.05, 4.69) is 9.71 Å². The van der Waals surface area contributed by atoms with Crippen molar-refractivity contribution in [1.29, 1.82) is 0 Å². The van der Waals surface area contributed by atoms with Gasteiger partial charge in [0, 0.05) is 18.9 Å². The minimum Gasteiger partial charge on any atom is -0.497 e. The standard InChI is InChI=1S/C15H19N3O4S/c1-11-8-13(22-3)4-5-14(11)23(20,21)17-15(19)12(2)9-18-7-6-16-10-18/h4-8,10,12H,9H2,1-3H3,(H,17,19). The summed E-state index contributed by atoms with van der Waals surface area (Å²) in [6, 6.07) is 4.57. The third-order valence-corrected chi connectivity index (χ3v) is 4.91. The Hall–Kier alpha value is -2.35. The Morgan fingerprint density at radius 1 is 1.43 bits per heavy atom. The third-order valence-electron chi connectivity index (χ3n) is 3.40. The van der Waals surface area contributed by atoms with Crippen molar-refractivity contribution in [3.63, 3.8) is 0 Å². The number of imidazole rings is 1. The zero-order valence-electron chi connectivity index (χ0n) is 13.2. The fraction of sp³-hybridized carbons (Fsp3) is 0.333. The average molecular weight is 337 g/mol. The number of rotatable bonds is 6. The van der Waals surface area contributed by atoms with E-state index in [1.165, 1.54) is 13.2 Å². The maximum atomic E-state index is 12.4. The molecule has 0 spiro atoms. The number of hydrogen-bond donors (Lipinski definition) is 1. The molecule has 1 N–H and O–H groups in total. The molecule has 124 valence electrons. The maximum Gasteiger partial charge on any atom is 0.264 e. The number of carbonyl (C=O) groups excluding carboxylic acids is 1. The molecule has 8 heteroatoms. The van der Waals surface area contributed by atoms with Crippen LogP contribution in [0.1, 0.15) is 12.5 Å². The smallest absolute Gasteiger partial charge is 0.264 e. The molecule has 1 atom stereocenters. The lowest BCUT2D eigenvalue weighted by atomic mass is 10.2. The van der Waals surface area contributed by atoms with Gasteiger partial charge in [-0.3, -0.25) is 4.79 Å². The first-order valence-corrected chi connectivity index (χ1v) is 8.49. The first-order chi connectivity index (χ1) is 10.8. The summed E-state index contributed by atoms with van der Waals surface area (Å²) in [6.07, 6.45) is 4.89. The van der Waals surface area contributed by atoms with Crippen LogP contribution in [0.4, 0.5) is 0 Å². The normalized spacial score (nSPS) is 12.7. The van der Waals surface area contributed by atoms with Gasteiger partial charge < -0.3 is 9.30 Å². The molecule has 0 fully saturated rings. The maximum absolute atomic E-state index is 12.4. The van der Waals surface area contributed by atoms with E-state index in [-0.39, 0.29) is 4.90 Å². The monoisotopic (exact) mass is 337 g/mol. The van der Waals surface area contributed by atoms with Gasteiger partial charge in [-0.1, -0.05) is 6.92 Å². The van der Waals surface area contributed by atoms with Crippen molar-refractivity contribution in [3.05, 3.63) is 42.5 Å². The second-order valence-corrected chi connectivity index (χ2v) is 6.91. The largest absolute Gasteiger partial charge is 0.497 e. The molecule has 2 aromatic rings. The Morgan fingerprint density at radius 3 is 2.74 bits per heavy atom. The molecule has 0 saturated heterocycles. The minimum atomic E-state index is -3.92. The molecule has 2 rings (SSSR count). The van der Waals surface area contributed by atoms with E-state index in [0.29, 0.717) is 17.9 Å². The van der Waals surface area contributed by atoms with Gasteiger partial charge in [-0.2, -0.15) is 0 Å². The fourth-order valence-electron chi connectivity index (χ4n) is 2.13. The number of nitrogens with one attached hydrogen (secondary N) is 1. The van der Waals surface area contributed by atoms with Crippen molar-refractivity contribution in [2.45, 2.75) is 25.3 Å². The van der Waals surface area contributed by atoms with Gasteiger partial charge in [-0.25, -0.2) is 18.1 Å². The van der Waals surface area contributed by atoms with E-state index in [1.54, 1.807) is 49.3 Å². The summed E-state index contributed by atoms with van der Waals surface area (Å²) < 4.78 is 33.6. The summed E-state index contributed by atoms with van der Waals surface area (Å²) in [4.78, 5) is 16.1. The lowest BCUT2D eigenvalue weighted by Crippen LogP contribution is -2.36. The van der Waals surface area contributed by atoms with Gasteiger partial charge in [0.1, 0.15) is 5.75 Å². The molecule has 23 heavy (non-hydrogen) atoms. The van der Waals surface area contributed by atoms with E-state index >= 15 is 0 Å². The summed E-state index contributed by atoms with van der Waals surface area (Å²) in [5.41, 5.74) is 0.506. The van der Waals surface area contributed by atoms with Crippen LogP contribution < -0.4 is 9.46 Å². The number of methoxy groups -OCH3 is 1. The highest BCUT2D eigenvalue weighted by Gasteiger charge is 2.23. The highest BCUT2D eigenvalue weighted by Crippen LogP contribution is 2.21. The first-order valence-electron chi connectivity index (χ1n) is 7.00. The molecule has 1 amide bonds. The number of aromatic nitrogens is 2. The quantitative estimate of drug-likeness (QED) is 0.859. The zero-order chi connectivity index (χ0) is 17.0. The summed E-state index contributed by atoms with van der Waals surface area (Å²) >= 11 is 0. The Morgan fingerprint density at radius 2 is 2.17 bits per heavy atom. The number of aryl methyl sites for hydroxylation is 1. The van der Waals surface area contributed by atoms with Crippen molar-refractivity contribution >= 4 is 15.9 Å². The van der Waals surface area contributed by atoms with Crippen LogP contribution in [0, 0.1) is 12.8 Å². The third kappa shape index (κ3) is 4.10. The van der Waals surface area contributed by atoms with Gasteiger partial charge in [0.25, 0.3) is 10.0 Å². The molecule has 0 aliphatic rings. The average Bonchev–Trinajstić information content (AvgIpc) is 2.99. The van der Waals surface area contributed by atoms with Crippen LogP contribution in [-0.4, -0.2) is 31.0 Å². The Bertz CT molecular complexity index is 785. The number of carbonyl (C=O) groups is 1. The second-order valence-electron chi connectivity index (χ2n) is 5.26. The van der Waals surface area contributed by atoms with Gasteiger partial charge >= 0.3 is 0 Å². The second kappa shape index (κ2) is 6.82. The summed E-state index contributed by atoms with van der Waals surface area (Å²) in [7, 11) is -2.42. The molecule has 1 unspecified atom stereocenters. The number of sulfonamides is 1. The Kier molecular flexibility index (Phi) is 5.05. The summed E-state index contributed by atoms with van der Waals surface area (Å²) in [5.74, 6) is -0.521. The van der Waals surface area contributed by atoms with Gasteiger partial charge in [-0.15, -0.1) is 0 Å². The molecule has 0 aliphatic heterocycles. The highest BCUT2D eigenvalue weighted by atomic mass is 32.2. The lowest BCUT2D eigenvalue weighted by Gasteiger charge is -2.14. The van der Waals surface area contributed by atoms with E-state index in [4.69, 9.17) is 4.74 Å². The van der Waals surface area contributed by atoms with Crippen molar-refractivity contribution in [2.24, 2.45) is 5.92 Å². The molecule has 0 aliphatic carbocycles. The van der Waals surface area contributed by atoms with E-state index in [9.17, 15) is 13.2 Å². The number of benzene rings is 1. The lowest BCUT2D eigenvalue weighted by molar-refractivity contribution is -0.123. The first kappa shape index (κ1) is 17.0. The van der Waals surface area contributed by atoms with Gasteiger partial charge in [0.2, 0.25) is 5.91 Å². The topological polar surface area (TPSA) is 90.3 Å². The zero-order valence-corrected chi connectivity index (χ0v) is 14.0. The predicted octanol–water partition coefficient (Wildman–Crippen LogP) is 1.34. The number of hydrogen-bond acceptors (Lipinski definition) is 5. The van der Waals surface area contributed by atoms with E-state index < -0.39 is 21.8 Å². The van der Waals surface area contributed by atoms with Crippen molar-refractivity contribution < 1.29 is 17.9 Å². The predicted molar refractivity (Wildman–Crippen MR) is 84.5 cm³/mol. The van der Waals surface area contributed by atoms with Crippen LogP contribution in [0.3, 0.4) is 0 Å². The van der Waals surface area contributed by atoms with Crippen LogP contribution in [0.2, 0.25) is 0 Å². The molecule has 7 nitrogen and oxygen atoms in total. The van der Waals surface area contributed by atoms with Gasteiger partial charge in [0.15, 0.2) is 0 Å². The Labute approximate surface area is 135 Å². The van der Waals surface area contributed by atoms with Crippen LogP contribution in [-0.2, 0) is 21.4 Å². The van der Waals surface area contributed by atoms with Crippen LogP contribution >= 0.6 is 0 Å². The molecule has 0 radical (unpaired) electrons. The molecular formula is C15H19N3O4S. The van der Waals surface area contributed by atoms with Gasteiger partial charge in [0.05, 0.1) is 24.3 Å². The van der Waals surface area contributed by atoms with Crippen LogP contribution in [0.15, 0.2) is 41.8 Å². The van der Waals surface area contributed by atoms with Crippen molar-refractivity contribution in [3.8, 4) is 5.75 Å². The molecule has 0 saturated carbocycles. The SMILES string of the molecule is COc1ccc(S(=O)(=O)NC(=O)C(C)Cn2ccnc2)c(C)c1. The molecule has 1 heterocycles. The Balaban J connectivity index is 2.12. The molecule has 0 bridgehead atoms. The van der Waals surface area contributed by atoms with Crippen LogP contribution in [0.25, 0.3) is 0 Å².